The Morgan fingerprint density at radius 1 is 1.05 bits per heavy atom. The van der Waals surface area contributed by atoms with Crippen LogP contribution in [0.1, 0.15) is 73.3 Å². The van der Waals surface area contributed by atoms with Gasteiger partial charge < -0.3 is 15.0 Å². The highest BCUT2D eigenvalue weighted by Gasteiger charge is 2.39. The summed E-state index contributed by atoms with van der Waals surface area (Å²) in [4.78, 5) is 16.0. The Bertz CT molecular complexity index is 1430. The van der Waals surface area contributed by atoms with Crippen molar-refractivity contribution in [2.75, 3.05) is 7.05 Å². The Morgan fingerprint density at radius 3 is 2.54 bits per heavy atom. The van der Waals surface area contributed by atoms with Crippen molar-refractivity contribution in [2.24, 2.45) is 5.92 Å². The number of ether oxygens (including phenoxy) is 1. The standard InChI is InChI=1S/C32H36N4O2S/c1-36-24-9-10-25(36)18-27(17-24)38-26-11-6-21(7-12-26)31-28-16-22(8-13-29(28)34-35-31)32(37)33-30(20-4-2-3-5-20)23-14-15-39-19-23/h6-8,11-16,19-20,24-25,27,30H,2-5,9-10,17-18H2,1H3,(H,33,37)(H,34,35)/t24?,25?,27?,30-/m0/s1. The molecule has 0 spiro atoms. The first-order chi connectivity index (χ1) is 19.1. The van der Waals surface area contributed by atoms with Gasteiger partial charge in [-0.3, -0.25) is 9.89 Å². The summed E-state index contributed by atoms with van der Waals surface area (Å²) >= 11 is 1.69. The number of nitrogens with one attached hydrogen (secondary N) is 2. The van der Waals surface area contributed by atoms with Crippen LogP contribution in [0.25, 0.3) is 22.2 Å². The number of carbonyl (C=O) groups is 1. The van der Waals surface area contributed by atoms with Crippen LogP contribution in [0.15, 0.2) is 59.3 Å². The number of hydrogen-bond donors (Lipinski definition) is 2. The number of benzene rings is 2. The molecule has 2 bridgehead atoms. The molecule has 2 aromatic carbocycles. The van der Waals surface area contributed by atoms with Gasteiger partial charge in [0.2, 0.25) is 0 Å². The van der Waals surface area contributed by atoms with Crippen molar-refractivity contribution in [1.29, 1.82) is 0 Å². The zero-order valence-electron chi connectivity index (χ0n) is 22.4. The molecule has 1 saturated carbocycles. The second-order valence-electron chi connectivity index (χ2n) is 11.7. The summed E-state index contributed by atoms with van der Waals surface area (Å²) in [6, 6.07) is 17.6. The van der Waals surface area contributed by atoms with E-state index in [0.717, 1.165) is 40.8 Å². The molecule has 3 aliphatic rings. The number of hydrogen-bond acceptors (Lipinski definition) is 5. The molecule has 1 amide bonds. The number of aromatic nitrogens is 2. The van der Waals surface area contributed by atoms with E-state index in [4.69, 9.17) is 4.74 Å². The molecular formula is C32H36N4O2S. The minimum atomic E-state index is -0.0250. The molecule has 6 nitrogen and oxygen atoms in total. The summed E-state index contributed by atoms with van der Waals surface area (Å²) in [7, 11) is 2.26. The highest BCUT2D eigenvalue weighted by atomic mass is 32.1. The molecular weight excluding hydrogens is 504 g/mol. The van der Waals surface area contributed by atoms with Gasteiger partial charge >= 0.3 is 0 Å². The minimum absolute atomic E-state index is 0.0250. The first kappa shape index (κ1) is 24.9. The molecule has 4 heterocycles. The number of aromatic amines is 1. The lowest BCUT2D eigenvalue weighted by atomic mass is 9.93. The van der Waals surface area contributed by atoms with Gasteiger partial charge in [-0.25, -0.2) is 0 Å². The van der Waals surface area contributed by atoms with Gasteiger partial charge in [0.1, 0.15) is 11.9 Å². The highest BCUT2D eigenvalue weighted by molar-refractivity contribution is 7.08. The minimum Gasteiger partial charge on any atom is -0.490 e. The van der Waals surface area contributed by atoms with E-state index in [-0.39, 0.29) is 11.9 Å². The monoisotopic (exact) mass is 540 g/mol. The molecule has 7 heteroatoms. The fourth-order valence-corrected chi connectivity index (χ4v) is 7.85. The molecule has 2 N–H and O–H groups in total. The summed E-state index contributed by atoms with van der Waals surface area (Å²) in [6.07, 6.45) is 9.93. The average Bonchev–Trinajstić information content (AvgIpc) is 3.76. The van der Waals surface area contributed by atoms with E-state index >= 15 is 0 Å². The molecule has 2 saturated heterocycles. The van der Waals surface area contributed by atoms with Gasteiger partial charge in [0.15, 0.2) is 0 Å². The summed E-state index contributed by atoms with van der Waals surface area (Å²) in [5.41, 5.74) is 4.68. The quantitative estimate of drug-likeness (QED) is 0.266. The normalized spacial score (nSPS) is 24.3. The average molecular weight is 541 g/mol. The largest absolute Gasteiger partial charge is 0.490 e. The molecule has 39 heavy (non-hydrogen) atoms. The summed E-state index contributed by atoms with van der Waals surface area (Å²) in [5.74, 6) is 1.39. The fourth-order valence-electron chi connectivity index (χ4n) is 7.16. The molecule has 2 aromatic heterocycles. The van der Waals surface area contributed by atoms with Gasteiger partial charge in [0, 0.05) is 28.6 Å². The zero-order chi connectivity index (χ0) is 26.3. The second kappa shape index (κ2) is 10.4. The van der Waals surface area contributed by atoms with Gasteiger partial charge in [-0.05, 0) is 116 Å². The topological polar surface area (TPSA) is 70.2 Å². The van der Waals surface area contributed by atoms with Crippen molar-refractivity contribution in [3.05, 3.63) is 70.4 Å². The first-order valence-electron chi connectivity index (χ1n) is 14.4. The van der Waals surface area contributed by atoms with E-state index in [1.54, 1.807) is 11.3 Å². The Labute approximate surface area is 233 Å². The number of amides is 1. The van der Waals surface area contributed by atoms with Crippen molar-refractivity contribution in [3.63, 3.8) is 0 Å². The van der Waals surface area contributed by atoms with E-state index in [0.29, 0.717) is 29.7 Å². The second-order valence-corrected chi connectivity index (χ2v) is 12.5. The molecule has 2 aliphatic heterocycles. The first-order valence-corrected chi connectivity index (χ1v) is 15.4. The number of H-pyrrole nitrogens is 1. The van der Waals surface area contributed by atoms with Crippen LogP contribution in [-0.4, -0.2) is 46.2 Å². The van der Waals surface area contributed by atoms with Crippen molar-refractivity contribution in [3.8, 4) is 17.0 Å². The van der Waals surface area contributed by atoms with Crippen molar-refractivity contribution in [1.82, 2.24) is 20.4 Å². The third-order valence-electron chi connectivity index (χ3n) is 9.37. The predicted octanol–water partition coefficient (Wildman–Crippen LogP) is 6.96. The van der Waals surface area contributed by atoms with Crippen LogP contribution >= 0.6 is 11.3 Å². The molecule has 1 aliphatic carbocycles. The molecule has 202 valence electrons. The van der Waals surface area contributed by atoms with Gasteiger partial charge in [0.25, 0.3) is 5.91 Å². The van der Waals surface area contributed by atoms with E-state index < -0.39 is 0 Å². The van der Waals surface area contributed by atoms with Crippen LogP contribution in [0.2, 0.25) is 0 Å². The summed E-state index contributed by atoms with van der Waals surface area (Å²) in [5, 5.41) is 16.4. The van der Waals surface area contributed by atoms with Crippen LogP contribution in [0.5, 0.6) is 5.75 Å². The van der Waals surface area contributed by atoms with Gasteiger partial charge in [-0.15, -0.1) is 0 Å². The smallest absolute Gasteiger partial charge is 0.251 e. The maximum atomic E-state index is 13.5. The number of fused-ring (bicyclic) bond motifs is 3. The fraction of sp³-hybridized carbons (Fsp3) is 0.438. The van der Waals surface area contributed by atoms with Crippen LogP contribution in [0.4, 0.5) is 0 Å². The van der Waals surface area contributed by atoms with E-state index in [1.165, 1.54) is 44.1 Å². The zero-order valence-corrected chi connectivity index (χ0v) is 23.3. The number of rotatable bonds is 7. The van der Waals surface area contributed by atoms with Crippen molar-refractivity contribution < 1.29 is 9.53 Å². The van der Waals surface area contributed by atoms with Crippen LogP contribution in [0.3, 0.4) is 0 Å². The lowest BCUT2D eigenvalue weighted by Gasteiger charge is -2.36. The summed E-state index contributed by atoms with van der Waals surface area (Å²) < 4.78 is 6.40. The number of nitrogens with zero attached hydrogens (tertiary/aromatic N) is 2. The Hall–Kier alpha value is -3.16. The van der Waals surface area contributed by atoms with Gasteiger partial charge in [-0.2, -0.15) is 16.4 Å². The SMILES string of the molecule is CN1C2CCC1CC(Oc1ccc(-c3n[nH]c4ccc(C(=O)N[C@H](c5ccsc5)C5CCCC5)cc34)cc1)C2. The van der Waals surface area contributed by atoms with Crippen molar-refractivity contribution >= 4 is 28.1 Å². The molecule has 3 fully saturated rings. The third kappa shape index (κ3) is 4.87. The lowest BCUT2D eigenvalue weighted by molar-refractivity contribution is 0.0662. The highest BCUT2D eigenvalue weighted by Crippen LogP contribution is 2.38. The Kier molecular flexibility index (Phi) is 6.65. The molecule has 7 rings (SSSR count). The number of carbonyl (C=O) groups excluding carboxylic acids is 1. The van der Waals surface area contributed by atoms with Crippen LogP contribution in [-0.2, 0) is 0 Å². The molecule has 3 atom stereocenters. The third-order valence-corrected chi connectivity index (χ3v) is 10.1. The van der Waals surface area contributed by atoms with Gasteiger partial charge in [-0.1, -0.05) is 12.8 Å². The van der Waals surface area contributed by atoms with Crippen molar-refractivity contribution in [2.45, 2.75) is 75.6 Å². The maximum Gasteiger partial charge on any atom is 0.251 e. The summed E-state index contributed by atoms with van der Waals surface area (Å²) in [6.45, 7) is 0. The number of piperidine rings is 1. The van der Waals surface area contributed by atoms with E-state index in [2.05, 4.69) is 68.6 Å². The maximum absolute atomic E-state index is 13.5. The molecule has 0 radical (unpaired) electrons. The molecule has 4 aromatic rings. The predicted molar refractivity (Wildman–Crippen MR) is 156 cm³/mol. The van der Waals surface area contributed by atoms with E-state index in [1.807, 2.05) is 18.2 Å². The molecule has 2 unspecified atom stereocenters. The van der Waals surface area contributed by atoms with Gasteiger partial charge in [0.05, 0.1) is 17.3 Å². The Balaban J connectivity index is 1.08. The Morgan fingerprint density at radius 2 is 1.82 bits per heavy atom. The van der Waals surface area contributed by atoms with Crippen LogP contribution in [0, 0.1) is 5.92 Å². The van der Waals surface area contributed by atoms with E-state index in [9.17, 15) is 4.79 Å². The number of thiophene rings is 1. The lowest BCUT2D eigenvalue weighted by Crippen LogP contribution is -2.43. The van der Waals surface area contributed by atoms with Crippen LogP contribution < -0.4 is 10.1 Å².